The van der Waals surface area contributed by atoms with Crippen LogP contribution < -0.4 is 21.1 Å². The minimum atomic E-state index is -0.773. The second kappa shape index (κ2) is 9.00. The van der Waals surface area contributed by atoms with Crippen molar-refractivity contribution in [1.29, 1.82) is 0 Å². The van der Waals surface area contributed by atoms with Crippen LogP contribution in [0.5, 0.6) is 5.75 Å². The first-order valence-electron chi connectivity index (χ1n) is 10.8. The van der Waals surface area contributed by atoms with Crippen LogP contribution >= 0.6 is 0 Å². The molecule has 4 rings (SSSR count). The molecule has 1 aliphatic heterocycles. The van der Waals surface area contributed by atoms with Gasteiger partial charge in [-0.3, -0.25) is 9.59 Å². The molecule has 0 spiro atoms. The predicted molar refractivity (Wildman–Crippen MR) is 124 cm³/mol. The van der Waals surface area contributed by atoms with Gasteiger partial charge in [-0.2, -0.15) is 0 Å². The molecule has 8 heteroatoms. The number of carbonyl (C=O) groups is 1. The average Bonchev–Trinajstić information content (AvgIpc) is 2.77. The highest BCUT2D eigenvalue weighted by Crippen LogP contribution is 2.28. The van der Waals surface area contributed by atoms with Crippen molar-refractivity contribution in [2.24, 2.45) is 5.92 Å². The zero-order valence-electron chi connectivity index (χ0n) is 18.2. The maximum Gasteiger partial charge on any atom is 0.267 e. The van der Waals surface area contributed by atoms with Crippen LogP contribution in [-0.2, 0) is 6.54 Å². The first-order chi connectivity index (χ1) is 15.4. The van der Waals surface area contributed by atoms with E-state index in [1.165, 1.54) is 10.6 Å². The van der Waals surface area contributed by atoms with Gasteiger partial charge in [-0.05, 0) is 36.2 Å². The number of piperazine rings is 1. The van der Waals surface area contributed by atoms with Crippen molar-refractivity contribution in [3.8, 4) is 5.75 Å². The fourth-order valence-corrected chi connectivity index (χ4v) is 4.08. The van der Waals surface area contributed by atoms with Gasteiger partial charge in [-0.15, -0.1) is 0 Å². The molecule has 0 radical (unpaired) electrons. The number of pyridine rings is 1. The highest BCUT2D eigenvalue weighted by molar-refractivity contribution is 6.09. The molecule has 0 saturated carbocycles. The van der Waals surface area contributed by atoms with Gasteiger partial charge < -0.3 is 25.2 Å². The van der Waals surface area contributed by atoms with E-state index >= 15 is 0 Å². The second-order valence-electron chi connectivity index (χ2n) is 8.41. The topological polar surface area (TPSA) is 86.6 Å². The van der Waals surface area contributed by atoms with Gasteiger partial charge in [0.25, 0.3) is 11.5 Å². The lowest BCUT2D eigenvalue weighted by atomic mass is 10.1. The maximum atomic E-state index is 14.7. The van der Waals surface area contributed by atoms with Crippen LogP contribution in [0.3, 0.4) is 0 Å². The Bertz CT molecular complexity index is 1220. The van der Waals surface area contributed by atoms with Crippen LogP contribution in [0.4, 0.5) is 15.8 Å². The van der Waals surface area contributed by atoms with Gasteiger partial charge in [0.1, 0.15) is 17.1 Å². The largest absolute Gasteiger partial charge is 0.506 e. The number of halogens is 1. The summed E-state index contributed by atoms with van der Waals surface area (Å²) >= 11 is 0. The molecule has 2 aromatic carbocycles. The lowest BCUT2D eigenvalue weighted by Gasteiger charge is -2.29. The van der Waals surface area contributed by atoms with Gasteiger partial charge in [0.2, 0.25) is 0 Å². The molecule has 0 atom stereocenters. The maximum absolute atomic E-state index is 14.7. The van der Waals surface area contributed by atoms with Gasteiger partial charge >= 0.3 is 0 Å². The second-order valence-corrected chi connectivity index (χ2v) is 8.41. The Kier molecular flexibility index (Phi) is 6.14. The van der Waals surface area contributed by atoms with Crippen molar-refractivity contribution in [1.82, 2.24) is 9.88 Å². The zero-order chi connectivity index (χ0) is 22.8. The number of hydrogen-bond donors (Lipinski definition) is 3. The fraction of sp³-hybridized carbons (Fsp3) is 0.333. The lowest BCUT2D eigenvalue weighted by molar-refractivity contribution is 0.102. The molecule has 3 N–H and O–H groups in total. The molecule has 1 fully saturated rings. The lowest BCUT2D eigenvalue weighted by Crippen LogP contribution is -2.43. The van der Waals surface area contributed by atoms with Gasteiger partial charge in [0.05, 0.1) is 11.2 Å². The number of benzene rings is 2. The van der Waals surface area contributed by atoms with E-state index in [9.17, 15) is 19.1 Å². The fourth-order valence-electron chi connectivity index (χ4n) is 4.08. The minimum Gasteiger partial charge on any atom is -0.506 e. The van der Waals surface area contributed by atoms with Gasteiger partial charge in [-0.1, -0.05) is 26.0 Å². The van der Waals surface area contributed by atoms with Gasteiger partial charge in [0.15, 0.2) is 0 Å². The van der Waals surface area contributed by atoms with Crippen molar-refractivity contribution < 1.29 is 14.3 Å². The summed E-state index contributed by atoms with van der Waals surface area (Å²) in [6.07, 6.45) is 0. The third-order valence-corrected chi connectivity index (χ3v) is 5.58. The van der Waals surface area contributed by atoms with E-state index in [1.54, 1.807) is 36.4 Å². The summed E-state index contributed by atoms with van der Waals surface area (Å²) < 4.78 is 16.2. The number of aromatic nitrogens is 1. The predicted octanol–water partition coefficient (Wildman–Crippen LogP) is 3.16. The minimum absolute atomic E-state index is 0.156. The van der Waals surface area contributed by atoms with E-state index in [0.29, 0.717) is 36.2 Å². The normalized spacial score (nSPS) is 14.2. The molecule has 1 aromatic heterocycles. The Hall–Kier alpha value is -3.39. The van der Waals surface area contributed by atoms with E-state index in [4.69, 9.17) is 0 Å². The molecular weight excluding hydrogens is 411 g/mol. The molecular formula is C24H27FN4O3. The Labute approximate surface area is 185 Å². The quantitative estimate of drug-likeness (QED) is 0.570. The average molecular weight is 439 g/mol. The standard InChI is InChI=1S/C24H27FN4O3/c1-15(2)14-29-19-6-4-3-5-17(19)22(30)21(24(29)32)23(31)27-16-7-8-20(18(25)13-16)28-11-9-26-10-12-28/h3-8,13,15,26,30H,9-12,14H2,1-2H3,(H,27,31). The van der Waals surface area contributed by atoms with E-state index < -0.39 is 17.3 Å². The van der Waals surface area contributed by atoms with Crippen LogP contribution in [0, 0.1) is 11.7 Å². The summed E-state index contributed by atoms with van der Waals surface area (Å²) in [5.41, 5.74) is 0.319. The van der Waals surface area contributed by atoms with Gasteiger partial charge in [-0.25, -0.2) is 4.39 Å². The van der Waals surface area contributed by atoms with E-state index in [1.807, 2.05) is 18.7 Å². The number of amides is 1. The summed E-state index contributed by atoms with van der Waals surface area (Å²) in [4.78, 5) is 28.1. The number of aromatic hydroxyl groups is 1. The molecule has 1 aliphatic rings. The number of rotatable bonds is 5. The number of fused-ring (bicyclic) bond motifs is 1. The van der Waals surface area contributed by atoms with Crippen molar-refractivity contribution in [3.05, 3.63) is 64.2 Å². The first-order valence-corrected chi connectivity index (χ1v) is 10.8. The van der Waals surface area contributed by atoms with Crippen LogP contribution in [0.15, 0.2) is 47.3 Å². The van der Waals surface area contributed by atoms with Crippen LogP contribution in [-0.4, -0.2) is 41.8 Å². The monoisotopic (exact) mass is 438 g/mol. The highest BCUT2D eigenvalue weighted by atomic mass is 19.1. The van der Waals surface area contributed by atoms with E-state index in [2.05, 4.69) is 10.6 Å². The van der Waals surface area contributed by atoms with Crippen molar-refractivity contribution in [3.63, 3.8) is 0 Å². The summed E-state index contributed by atoms with van der Waals surface area (Å²) in [5, 5.41) is 17.0. The smallest absolute Gasteiger partial charge is 0.267 e. The van der Waals surface area contributed by atoms with Gasteiger partial charge in [0, 0.05) is 43.8 Å². The third kappa shape index (κ3) is 4.18. The summed E-state index contributed by atoms with van der Waals surface area (Å²) in [6, 6.07) is 11.4. The van der Waals surface area contributed by atoms with Crippen LogP contribution in [0.25, 0.3) is 10.9 Å². The van der Waals surface area contributed by atoms with Crippen LogP contribution in [0.2, 0.25) is 0 Å². The molecule has 0 aliphatic carbocycles. The molecule has 32 heavy (non-hydrogen) atoms. The van der Waals surface area contributed by atoms with Crippen molar-refractivity contribution in [2.45, 2.75) is 20.4 Å². The number of anilines is 2. The number of carbonyl (C=O) groups excluding carboxylic acids is 1. The van der Waals surface area contributed by atoms with Crippen molar-refractivity contribution in [2.75, 3.05) is 36.4 Å². The molecule has 0 bridgehead atoms. The Morgan fingerprint density at radius 3 is 2.59 bits per heavy atom. The van der Waals surface area contributed by atoms with Crippen molar-refractivity contribution >= 4 is 28.2 Å². The Morgan fingerprint density at radius 2 is 1.91 bits per heavy atom. The Balaban J connectivity index is 1.68. The van der Waals surface area contributed by atoms with E-state index in [0.717, 1.165) is 13.1 Å². The molecule has 1 amide bonds. The molecule has 168 valence electrons. The highest BCUT2D eigenvalue weighted by Gasteiger charge is 2.23. The summed E-state index contributed by atoms with van der Waals surface area (Å²) in [7, 11) is 0. The first kappa shape index (κ1) is 21.8. The summed E-state index contributed by atoms with van der Waals surface area (Å²) in [5.74, 6) is -1.45. The molecule has 3 aromatic rings. The molecule has 7 nitrogen and oxygen atoms in total. The van der Waals surface area contributed by atoms with E-state index in [-0.39, 0.29) is 22.9 Å². The summed E-state index contributed by atoms with van der Waals surface area (Å²) in [6.45, 7) is 7.29. The zero-order valence-corrected chi connectivity index (χ0v) is 18.2. The number of para-hydroxylation sites is 1. The molecule has 0 unspecified atom stereocenters. The van der Waals surface area contributed by atoms with Crippen LogP contribution in [0.1, 0.15) is 24.2 Å². The number of nitrogens with zero attached hydrogens (tertiary/aromatic N) is 2. The molecule has 1 saturated heterocycles. The number of hydrogen-bond acceptors (Lipinski definition) is 5. The third-order valence-electron chi connectivity index (χ3n) is 5.58. The number of nitrogens with one attached hydrogen (secondary N) is 2. The molecule has 2 heterocycles. The Morgan fingerprint density at radius 1 is 1.19 bits per heavy atom. The SMILES string of the molecule is CC(C)Cn1c(=O)c(C(=O)Nc2ccc(N3CCNCC3)c(F)c2)c(O)c2ccccc21.